The third-order valence-corrected chi connectivity index (χ3v) is 5.53. The highest BCUT2D eigenvalue weighted by atomic mass is 35.5. The number of rotatable bonds is 4. The zero-order chi connectivity index (χ0) is 15.6. The smallest absolute Gasteiger partial charge is 0.207 e. The summed E-state index contributed by atoms with van der Waals surface area (Å²) in [5.74, 6) is 0. The van der Waals surface area contributed by atoms with Crippen molar-refractivity contribution < 1.29 is 8.42 Å². The van der Waals surface area contributed by atoms with Gasteiger partial charge in [-0.15, -0.1) is 0 Å². The van der Waals surface area contributed by atoms with Gasteiger partial charge in [-0.05, 0) is 35.9 Å². The van der Waals surface area contributed by atoms with Gasteiger partial charge in [-0.25, -0.2) is 13.1 Å². The van der Waals surface area contributed by atoms with E-state index < -0.39 is 10.0 Å². The molecule has 0 saturated heterocycles. The fraction of sp³-hybridized carbons (Fsp3) is 0.0769. The molecule has 1 N–H and O–H groups in total. The highest BCUT2D eigenvalue weighted by molar-refractivity contribution is 7.89. The molecule has 3 nitrogen and oxygen atoms in total. The van der Waals surface area contributed by atoms with Gasteiger partial charge in [0.05, 0.1) is 25.0 Å². The molecule has 0 amide bonds. The molecular weight excluding hydrogens is 376 g/mol. The predicted octanol–water partition coefficient (Wildman–Crippen LogP) is 4.78. The fourth-order valence-corrected chi connectivity index (χ4v) is 3.28. The minimum absolute atomic E-state index is 0.0389. The van der Waals surface area contributed by atoms with E-state index in [1.807, 2.05) is 0 Å². The maximum Gasteiger partial charge on any atom is 0.240 e. The zero-order valence-corrected chi connectivity index (χ0v) is 14.2. The van der Waals surface area contributed by atoms with Crippen LogP contribution in [-0.4, -0.2) is 8.42 Å². The van der Waals surface area contributed by atoms with Crippen molar-refractivity contribution in [1.29, 1.82) is 0 Å². The Hall–Kier alpha value is -0.490. The highest BCUT2D eigenvalue weighted by Crippen LogP contribution is 2.25. The topological polar surface area (TPSA) is 46.2 Å². The Balaban J connectivity index is 2.17. The highest BCUT2D eigenvalue weighted by Gasteiger charge is 2.15. The van der Waals surface area contributed by atoms with Crippen molar-refractivity contribution in [3.8, 4) is 0 Å². The number of hydrogen-bond acceptors (Lipinski definition) is 2. The average molecular weight is 385 g/mol. The molecule has 0 radical (unpaired) electrons. The lowest BCUT2D eigenvalue weighted by atomic mass is 10.2. The van der Waals surface area contributed by atoms with Crippen molar-refractivity contribution in [2.75, 3.05) is 0 Å². The molecule has 8 heteroatoms. The first-order chi connectivity index (χ1) is 9.79. The van der Waals surface area contributed by atoms with E-state index in [0.717, 1.165) is 0 Å². The molecule has 2 rings (SSSR count). The second kappa shape index (κ2) is 6.73. The van der Waals surface area contributed by atoms with Crippen molar-refractivity contribution >= 4 is 56.4 Å². The lowest BCUT2D eigenvalue weighted by Gasteiger charge is -2.08. The molecule has 0 fully saturated rings. The molecule has 0 unspecified atom stereocenters. The van der Waals surface area contributed by atoms with E-state index in [4.69, 9.17) is 46.4 Å². The van der Waals surface area contributed by atoms with Crippen LogP contribution in [0, 0.1) is 0 Å². The number of hydrogen-bond donors (Lipinski definition) is 1. The summed E-state index contributed by atoms with van der Waals surface area (Å²) in [7, 11) is -3.69. The Morgan fingerprint density at radius 2 is 1.38 bits per heavy atom. The number of benzene rings is 2. The minimum Gasteiger partial charge on any atom is -0.207 e. The standard InChI is InChI=1S/C13H9Cl4NO2S/c14-10-3-1-8(5-12(10)16)7-18-21(19,20)9-2-4-11(15)13(17)6-9/h1-6,18H,7H2. The van der Waals surface area contributed by atoms with Crippen LogP contribution in [0.4, 0.5) is 0 Å². The van der Waals surface area contributed by atoms with Gasteiger partial charge in [0.2, 0.25) is 10.0 Å². The van der Waals surface area contributed by atoms with E-state index >= 15 is 0 Å². The Bertz CT molecular complexity index is 778. The fourth-order valence-electron chi connectivity index (χ4n) is 1.56. The van der Waals surface area contributed by atoms with Gasteiger partial charge in [0, 0.05) is 6.54 Å². The van der Waals surface area contributed by atoms with Gasteiger partial charge in [0.15, 0.2) is 0 Å². The summed E-state index contributed by atoms with van der Waals surface area (Å²) < 4.78 is 26.8. The van der Waals surface area contributed by atoms with Crippen LogP contribution in [0.5, 0.6) is 0 Å². The first-order valence-corrected chi connectivity index (χ1v) is 8.68. The molecule has 112 valence electrons. The number of sulfonamides is 1. The molecule has 0 atom stereocenters. The quantitative estimate of drug-likeness (QED) is 0.824. The monoisotopic (exact) mass is 383 g/mol. The normalized spacial score (nSPS) is 11.6. The number of halogens is 4. The second-order valence-electron chi connectivity index (χ2n) is 4.15. The van der Waals surface area contributed by atoms with Crippen LogP contribution in [0.25, 0.3) is 0 Å². The van der Waals surface area contributed by atoms with E-state index in [1.54, 1.807) is 18.2 Å². The maximum absolute atomic E-state index is 12.1. The van der Waals surface area contributed by atoms with Crippen molar-refractivity contribution in [1.82, 2.24) is 4.72 Å². The lowest BCUT2D eigenvalue weighted by Crippen LogP contribution is -2.23. The Morgan fingerprint density at radius 3 is 1.95 bits per heavy atom. The summed E-state index contributed by atoms with van der Waals surface area (Å²) in [6, 6.07) is 8.99. The maximum atomic E-state index is 12.1. The van der Waals surface area contributed by atoms with E-state index in [2.05, 4.69) is 4.72 Å². The van der Waals surface area contributed by atoms with Gasteiger partial charge in [-0.2, -0.15) is 0 Å². The molecule has 2 aromatic rings. The van der Waals surface area contributed by atoms with Crippen LogP contribution < -0.4 is 4.72 Å². The summed E-state index contributed by atoms with van der Waals surface area (Å²) in [6.07, 6.45) is 0. The molecule has 0 aliphatic heterocycles. The first-order valence-electron chi connectivity index (χ1n) is 5.68. The Labute approximate surface area is 142 Å². The van der Waals surface area contributed by atoms with E-state index in [1.165, 1.54) is 18.2 Å². The van der Waals surface area contributed by atoms with Crippen molar-refractivity contribution in [2.45, 2.75) is 11.4 Å². The zero-order valence-electron chi connectivity index (χ0n) is 10.4. The van der Waals surface area contributed by atoms with Crippen LogP contribution >= 0.6 is 46.4 Å². The van der Waals surface area contributed by atoms with Gasteiger partial charge in [-0.3, -0.25) is 0 Å². The van der Waals surface area contributed by atoms with E-state index in [0.29, 0.717) is 20.6 Å². The molecule has 0 aliphatic rings. The molecular formula is C13H9Cl4NO2S. The summed E-state index contributed by atoms with van der Waals surface area (Å²) >= 11 is 23.3. The molecule has 21 heavy (non-hydrogen) atoms. The van der Waals surface area contributed by atoms with Gasteiger partial charge in [0.25, 0.3) is 0 Å². The van der Waals surface area contributed by atoms with Crippen LogP contribution in [0.1, 0.15) is 5.56 Å². The molecule has 2 aromatic carbocycles. The minimum atomic E-state index is -3.69. The third-order valence-electron chi connectivity index (χ3n) is 2.65. The first kappa shape index (κ1) is 16.9. The second-order valence-corrected chi connectivity index (χ2v) is 7.54. The summed E-state index contributed by atoms with van der Waals surface area (Å²) in [4.78, 5) is 0.0389. The summed E-state index contributed by atoms with van der Waals surface area (Å²) in [5.41, 5.74) is 0.688. The van der Waals surface area contributed by atoms with Crippen LogP contribution in [0.15, 0.2) is 41.3 Å². The Morgan fingerprint density at radius 1 is 0.810 bits per heavy atom. The van der Waals surface area contributed by atoms with Gasteiger partial charge in [0.1, 0.15) is 0 Å². The SMILES string of the molecule is O=S(=O)(NCc1ccc(Cl)c(Cl)c1)c1ccc(Cl)c(Cl)c1. The molecule has 0 heterocycles. The molecule has 0 spiro atoms. The Kier molecular flexibility index (Phi) is 5.41. The average Bonchev–Trinajstić information content (AvgIpc) is 2.43. The van der Waals surface area contributed by atoms with Crippen molar-refractivity contribution in [3.05, 3.63) is 62.1 Å². The largest absolute Gasteiger partial charge is 0.240 e. The summed E-state index contributed by atoms with van der Waals surface area (Å²) in [6.45, 7) is 0.0828. The van der Waals surface area contributed by atoms with E-state index in [9.17, 15) is 8.42 Å². The molecule has 0 aromatic heterocycles. The van der Waals surface area contributed by atoms with Gasteiger partial charge in [-0.1, -0.05) is 52.5 Å². The molecule has 0 bridgehead atoms. The lowest BCUT2D eigenvalue weighted by molar-refractivity contribution is 0.581. The van der Waals surface area contributed by atoms with E-state index in [-0.39, 0.29) is 16.5 Å². The number of nitrogens with one attached hydrogen (secondary N) is 1. The molecule has 0 aliphatic carbocycles. The summed E-state index contributed by atoms with van der Waals surface area (Å²) in [5, 5.41) is 1.24. The van der Waals surface area contributed by atoms with Crippen LogP contribution in [0.2, 0.25) is 20.1 Å². The molecule has 0 saturated carbocycles. The third kappa shape index (κ3) is 4.25. The van der Waals surface area contributed by atoms with Crippen molar-refractivity contribution in [2.24, 2.45) is 0 Å². The predicted molar refractivity (Wildman–Crippen MR) is 86.9 cm³/mol. The van der Waals surface area contributed by atoms with Gasteiger partial charge >= 0.3 is 0 Å². The van der Waals surface area contributed by atoms with Gasteiger partial charge < -0.3 is 0 Å². The van der Waals surface area contributed by atoms with Crippen molar-refractivity contribution in [3.63, 3.8) is 0 Å². The van der Waals surface area contributed by atoms with Crippen LogP contribution in [0.3, 0.4) is 0 Å². The van der Waals surface area contributed by atoms with Crippen LogP contribution in [-0.2, 0) is 16.6 Å².